The van der Waals surface area contributed by atoms with Gasteiger partial charge in [-0.3, -0.25) is 24.2 Å². The molecule has 2 aromatic carbocycles. The van der Waals surface area contributed by atoms with Gasteiger partial charge in [-0.1, -0.05) is 18.2 Å². The van der Waals surface area contributed by atoms with E-state index >= 15 is 0 Å². The van der Waals surface area contributed by atoms with E-state index in [1.807, 2.05) is 6.07 Å². The molecule has 9 nitrogen and oxygen atoms in total. The van der Waals surface area contributed by atoms with Gasteiger partial charge in [-0.2, -0.15) is 0 Å². The third-order valence-electron chi connectivity index (χ3n) is 6.96. The van der Waals surface area contributed by atoms with Crippen LogP contribution < -0.4 is 10.2 Å². The second-order valence-electron chi connectivity index (χ2n) is 9.34. The molecule has 184 valence electrons. The third kappa shape index (κ3) is 4.48. The molecule has 0 bridgehead atoms. The number of likely N-dealkylation sites (tertiary alicyclic amines) is 1. The van der Waals surface area contributed by atoms with Gasteiger partial charge in [0.2, 0.25) is 5.91 Å². The Morgan fingerprint density at radius 1 is 1.03 bits per heavy atom. The summed E-state index contributed by atoms with van der Waals surface area (Å²) >= 11 is 0. The van der Waals surface area contributed by atoms with Crippen LogP contribution in [0.4, 0.5) is 11.4 Å². The van der Waals surface area contributed by atoms with E-state index < -0.39 is 17.3 Å². The molecule has 2 saturated heterocycles. The Kier molecular flexibility index (Phi) is 6.18. The van der Waals surface area contributed by atoms with E-state index in [1.54, 1.807) is 47.4 Å². The Morgan fingerprint density at radius 3 is 2.34 bits per heavy atom. The minimum absolute atomic E-state index is 0.209. The van der Waals surface area contributed by atoms with Gasteiger partial charge in [0.15, 0.2) is 17.2 Å². The topological polar surface area (TPSA) is 108 Å². The fourth-order valence-corrected chi connectivity index (χ4v) is 5.12. The summed E-state index contributed by atoms with van der Waals surface area (Å²) in [6.07, 6.45) is 1.06. The third-order valence-corrected chi connectivity index (χ3v) is 6.96. The molecule has 1 spiro atoms. The van der Waals surface area contributed by atoms with Crippen molar-refractivity contribution < 1.29 is 29.0 Å². The first kappa shape index (κ1) is 23.6. The van der Waals surface area contributed by atoms with E-state index in [1.165, 1.54) is 6.92 Å². The molecular weight excluding hydrogens is 450 g/mol. The van der Waals surface area contributed by atoms with Gasteiger partial charge in [0, 0.05) is 49.7 Å². The van der Waals surface area contributed by atoms with Crippen LogP contribution >= 0.6 is 0 Å². The molecule has 35 heavy (non-hydrogen) atoms. The van der Waals surface area contributed by atoms with Gasteiger partial charge in [0.05, 0.1) is 32.0 Å². The Hall–Kier alpha value is -3.11. The first-order valence-corrected chi connectivity index (χ1v) is 11.8. The number of anilines is 2. The maximum atomic E-state index is 13.5. The summed E-state index contributed by atoms with van der Waals surface area (Å²) in [6, 6.07) is 13.5. The number of ether oxygens (including phenoxy) is 2. The van der Waals surface area contributed by atoms with Crippen molar-refractivity contribution >= 4 is 29.0 Å². The SMILES string of the molecule is CC(=O)Nc1ccc(C(=O)C[C@@]2(O)C(=O)N(CN3CCC4(CC3)OCCO4)c3ccccc32)cc1. The minimum atomic E-state index is -1.95. The number of para-hydroxylation sites is 1. The Bertz CT molecular complexity index is 1130. The predicted octanol–water partition coefficient (Wildman–Crippen LogP) is 2.25. The van der Waals surface area contributed by atoms with Crippen LogP contribution in [0, 0.1) is 0 Å². The van der Waals surface area contributed by atoms with E-state index in [2.05, 4.69) is 10.2 Å². The summed E-state index contributed by atoms with van der Waals surface area (Å²) < 4.78 is 11.6. The van der Waals surface area contributed by atoms with Crippen molar-refractivity contribution in [2.24, 2.45) is 0 Å². The summed E-state index contributed by atoms with van der Waals surface area (Å²) in [5, 5.41) is 14.2. The summed E-state index contributed by atoms with van der Waals surface area (Å²) in [7, 11) is 0. The van der Waals surface area contributed by atoms with E-state index in [9.17, 15) is 19.5 Å². The second kappa shape index (κ2) is 9.16. The van der Waals surface area contributed by atoms with Crippen molar-refractivity contribution in [3.8, 4) is 0 Å². The average molecular weight is 480 g/mol. The zero-order valence-corrected chi connectivity index (χ0v) is 19.7. The lowest BCUT2D eigenvalue weighted by atomic mass is 9.88. The molecule has 0 saturated carbocycles. The highest BCUT2D eigenvalue weighted by atomic mass is 16.7. The van der Waals surface area contributed by atoms with Gasteiger partial charge in [-0.15, -0.1) is 0 Å². The first-order valence-electron chi connectivity index (χ1n) is 11.8. The van der Waals surface area contributed by atoms with Gasteiger partial charge in [-0.25, -0.2) is 0 Å². The number of hydrogen-bond acceptors (Lipinski definition) is 7. The largest absolute Gasteiger partial charge is 0.375 e. The van der Waals surface area contributed by atoms with Gasteiger partial charge < -0.3 is 19.9 Å². The van der Waals surface area contributed by atoms with Crippen molar-refractivity contribution in [1.29, 1.82) is 0 Å². The smallest absolute Gasteiger partial charge is 0.265 e. The van der Waals surface area contributed by atoms with Crippen molar-refractivity contribution in [3.63, 3.8) is 0 Å². The lowest BCUT2D eigenvalue weighted by Gasteiger charge is -2.39. The monoisotopic (exact) mass is 479 g/mol. The molecule has 9 heteroatoms. The number of ketones is 1. The predicted molar refractivity (Wildman–Crippen MR) is 128 cm³/mol. The average Bonchev–Trinajstić information content (AvgIpc) is 3.38. The molecule has 3 aliphatic rings. The van der Waals surface area contributed by atoms with Crippen molar-refractivity contribution in [2.45, 2.75) is 37.6 Å². The Labute approximate surface area is 203 Å². The normalized spacial score (nSPS) is 23.5. The highest BCUT2D eigenvalue weighted by Gasteiger charge is 2.51. The molecule has 3 aliphatic heterocycles. The van der Waals surface area contributed by atoms with Crippen LogP contribution in [0.3, 0.4) is 0 Å². The molecule has 2 N–H and O–H groups in total. The summed E-state index contributed by atoms with van der Waals surface area (Å²) in [6.45, 7) is 4.33. The number of benzene rings is 2. The van der Waals surface area contributed by atoms with Crippen LogP contribution in [-0.4, -0.2) is 66.4 Å². The molecular formula is C26H29N3O6. The van der Waals surface area contributed by atoms with Crippen molar-refractivity contribution in [2.75, 3.05) is 43.2 Å². The van der Waals surface area contributed by atoms with Gasteiger partial charge in [0.1, 0.15) is 0 Å². The van der Waals surface area contributed by atoms with Crippen LogP contribution in [0.1, 0.15) is 42.1 Å². The number of nitrogens with one attached hydrogen (secondary N) is 1. The van der Waals surface area contributed by atoms with Crippen molar-refractivity contribution in [1.82, 2.24) is 4.90 Å². The van der Waals surface area contributed by atoms with E-state index in [-0.39, 0.29) is 18.1 Å². The maximum absolute atomic E-state index is 13.5. The summed E-state index contributed by atoms with van der Waals surface area (Å²) in [5.41, 5.74) is 0.0253. The minimum Gasteiger partial charge on any atom is -0.375 e. The van der Waals surface area contributed by atoms with Gasteiger partial charge in [-0.05, 0) is 30.3 Å². The molecule has 2 aromatic rings. The number of aliphatic hydroxyl groups is 1. The van der Waals surface area contributed by atoms with Crippen LogP contribution in [-0.2, 0) is 24.7 Å². The Morgan fingerprint density at radius 2 is 1.69 bits per heavy atom. The lowest BCUT2D eigenvalue weighted by molar-refractivity contribution is -0.185. The molecule has 3 heterocycles. The number of nitrogens with zero attached hydrogens (tertiary/aromatic N) is 2. The van der Waals surface area contributed by atoms with Crippen LogP contribution in [0.25, 0.3) is 0 Å². The van der Waals surface area contributed by atoms with Crippen LogP contribution in [0.5, 0.6) is 0 Å². The van der Waals surface area contributed by atoms with Gasteiger partial charge in [0.25, 0.3) is 5.91 Å². The van der Waals surface area contributed by atoms with E-state index in [0.717, 1.165) is 0 Å². The number of carbonyl (C=O) groups is 3. The molecule has 0 unspecified atom stereocenters. The summed E-state index contributed by atoms with van der Waals surface area (Å²) in [5.74, 6) is -1.58. The van der Waals surface area contributed by atoms with Crippen LogP contribution in [0.2, 0.25) is 0 Å². The molecule has 0 radical (unpaired) electrons. The second-order valence-corrected chi connectivity index (χ2v) is 9.34. The number of piperidine rings is 1. The molecule has 0 aliphatic carbocycles. The first-order chi connectivity index (χ1) is 16.8. The summed E-state index contributed by atoms with van der Waals surface area (Å²) in [4.78, 5) is 41.6. The molecule has 5 rings (SSSR count). The zero-order chi connectivity index (χ0) is 24.6. The fourth-order valence-electron chi connectivity index (χ4n) is 5.12. The van der Waals surface area contributed by atoms with Gasteiger partial charge >= 0.3 is 0 Å². The number of Topliss-reactive ketones (excluding diaryl/α,β-unsaturated/α-hetero) is 1. The molecule has 2 fully saturated rings. The zero-order valence-electron chi connectivity index (χ0n) is 19.7. The fraction of sp³-hybridized carbons (Fsp3) is 0.423. The molecule has 1 atom stereocenters. The number of rotatable bonds is 6. The standard InChI is InChI=1S/C26H29N3O6/c1-18(30)27-20-8-6-19(7-9-20)23(31)16-26(33)21-4-2-3-5-22(21)29(24(26)32)17-28-12-10-25(11-13-28)34-14-15-35-25/h2-9,33H,10-17H2,1H3,(H,27,30)/t26-/m0/s1. The molecule has 0 aromatic heterocycles. The molecule has 2 amide bonds. The lowest BCUT2D eigenvalue weighted by Crippen LogP contribution is -2.51. The van der Waals surface area contributed by atoms with Crippen molar-refractivity contribution in [3.05, 3.63) is 59.7 Å². The maximum Gasteiger partial charge on any atom is 0.265 e. The number of hydrogen-bond donors (Lipinski definition) is 2. The highest BCUT2D eigenvalue weighted by molar-refractivity contribution is 6.10. The number of fused-ring (bicyclic) bond motifs is 1. The highest BCUT2D eigenvalue weighted by Crippen LogP contribution is 2.43. The Balaban J connectivity index is 1.31. The van der Waals surface area contributed by atoms with E-state index in [4.69, 9.17) is 9.47 Å². The van der Waals surface area contributed by atoms with E-state index in [0.29, 0.717) is 68.3 Å². The van der Waals surface area contributed by atoms with Crippen LogP contribution in [0.15, 0.2) is 48.5 Å². The number of carbonyl (C=O) groups excluding carboxylic acids is 3. The quantitative estimate of drug-likeness (QED) is 0.612. The number of amides is 2.